The highest BCUT2D eigenvalue weighted by molar-refractivity contribution is 5.87. The van der Waals surface area contributed by atoms with Crippen LogP contribution in [0.3, 0.4) is 0 Å². The summed E-state index contributed by atoms with van der Waals surface area (Å²) in [5.74, 6) is 2.28. The monoisotopic (exact) mass is 423 g/mol. The summed E-state index contributed by atoms with van der Waals surface area (Å²) in [7, 11) is 3.06. The quantitative estimate of drug-likeness (QED) is 0.678. The Hall–Kier alpha value is -3.55. The second-order valence-corrected chi connectivity index (χ2v) is 7.49. The van der Waals surface area contributed by atoms with Crippen molar-refractivity contribution in [2.45, 2.75) is 25.9 Å². The second-order valence-electron chi connectivity index (χ2n) is 7.49. The third-order valence-electron chi connectivity index (χ3n) is 5.52. The van der Waals surface area contributed by atoms with E-state index < -0.39 is 0 Å². The molecule has 0 atom stereocenters. The minimum absolute atomic E-state index is 0.0833. The van der Waals surface area contributed by atoms with Gasteiger partial charge in [0.15, 0.2) is 0 Å². The minimum Gasteiger partial charge on any atom is -0.497 e. The molecule has 0 radical (unpaired) electrons. The van der Waals surface area contributed by atoms with Gasteiger partial charge in [0.25, 0.3) is 5.56 Å². The molecular weight excluding hydrogens is 398 g/mol. The lowest BCUT2D eigenvalue weighted by atomic mass is 10.1. The highest BCUT2D eigenvalue weighted by Gasteiger charge is 2.22. The van der Waals surface area contributed by atoms with E-state index in [4.69, 9.17) is 14.2 Å². The number of aromatic nitrogens is 2. The van der Waals surface area contributed by atoms with Crippen molar-refractivity contribution >= 4 is 16.8 Å². The lowest BCUT2D eigenvalue weighted by Crippen LogP contribution is -2.40. The summed E-state index contributed by atoms with van der Waals surface area (Å²) in [6.45, 7) is 3.03. The van der Waals surface area contributed by atoms with Crippen molar-refractivity contribution in [3.05, 3.63) is 46.8 Å². The molecule has 1 saturated heterocycles. The Labute approximate surface area is 179 Å². The Morgan fingerprint density at radius 1 is 1.06 bits per heavy atom. The number of piperidine rings is 1. The molecule has 31 heavy (non-hydrogen) atoms. The van der Waals surface area contributed by atoms with Crippen LogP contribution in [0.25, 0.3) is 22.3 Å². The summed E-state index contributed by atoms with van der Waals surface area (Å²) in [4.78, 5) is 33.4. The number of nitrogens with zero attached hydrogens (tertiary/aromatic N) is 2. The molecule has 4 rings (SSSR count). The number of hydrogen-bond acceptors (Lipinski definition) is 6. The van der Waals surface area contributed by atoms with E-state index in [1.165, 1.54) is 7.11 Å². The maximum absolute atomic E-state index is 12.7. The summed E-state index contributed by atoms with van der Waals surface area (Å²) in [5.41, 5.74) is 0.976. The Bertz CT molecular complexity index is 1150. The number of ether oxygens (including phenoxy) is 3. The molecule has 0 unspecified atom stereocenters. The Morgan fingerprint density at radius 2 is 1.77 bits per heavy atom. The zero-order valence-electron chi connectivity index (χ0n) is 17.8. The molecule has 2 aromatic carbocycles. The van der Waals surface area contributed by atoms with Crippen LogP contribution in [0.1, 0.15) is 19.8 Å². The van der Waals surface area contributed by atoms with Gasteiger partial charge in [-0.25, -0.2) is 4.98 Å². The van der Waals surface area contributed by atoms with Gasteiger partial charge < -0.3 is 24.1 Å². The lowest BCUT2D eigenvalue weighted by molar-refractivity contribution is -0.130. The van der Waals surface area contributed by atoms with Crippen molar-refractivity contribution in [2.24, 2.45) is 0 Å². The van der Waals surface area contributed by atoms with E-state index in [0.29, 0.717) is 41.3 Å². The van der Waals surface area contributed by atoms with Gasteiger partial charge >= 0.3 is 0 Å². The minimum atomic E-state index is -0.280. The molecule has 0 spiro atoms. The molecule has 1 aliphatic heterocycles. The van der Waals surface area contributed by atoms with Crippen molar-refractivity contribution in [1.82, 2.24) is 14.9 Å². The van der Waals surface area contributed by atoms with Crippen molar-refractivity contribution in [3.63, 3.8) is 0 Å². The molecule has 1 aromatic heterocycles. The summed E-state index contributed by atoms with van der Waals surface area (Å²) < 4.78 is 16.7. The first kappa shape index (κ1) is 20.7. The van der Waals surface area contributed by atoms with Gasteiger partial charge in [-0.05, 0) is 24.3 Å². The zero-order valence-corrected chi connectivity index (χ0v) is 17.8. The summed E-state index contributed by atoms with van der Waals surface area (Å²) in [6, 6.07) is 10.8. The molecule has 8 nitrogen and oxygen atoms in total. The first-order chi connectivity index (χ1) is 15.0. The van der Waals surface area contributed by atoms with E-state index in [2.05, 4.69) is 9.97 Å². The average molecular weight is 423 g/mol. The predicted octanol–water partition coefficient (Wildman–Crippen LogP) is 3.00. The molecule has 1 fully saturated rings. The molecule has 0 saturated carbocycles. The predicted molar refractivity (Wildman–Crippen MR) is 117 cm³/mol. The van der Waals surface area contributed by atoms with E-state index in [9.17, 15) is 9.59 Å². The highest BCUT2D eigenvalue weighted by atomic mass is 16.5. The van der Waals surface area contributed by atoms with Gasteiger partial charge in [0.2, 0.25) is 5.91 Å². The molecular formula is C23H25N3O5. The van der Waals surface area contributed by atoms with Crippen LogP contribution in [0.15, 0.2) is 41.2 Å². The summed E-state index contributed by atoms with van der Waals surface area (Å²) in [5, 5.41) is 0.379. The van der Waals surface area contributed by atoms with Gasteiger partial charge in [0.1, 0.15) is 34.6 Å². The smallest absolute Gasteiger partial charge is 0.262 e. The number of likely N-dealkylation sites (tertiary alicyclic amines) is 1. The first-order valence-electron chi connectivity index (χ1n) is 10.2. The van der Waals surface area contributed by atoms with E-state index in [0.717, 1.165) is 24.2 Å². The topological polar surface area (TPSA) is 93.8 Å². The highest BCUT2D eigenvalue weighted by Crippen LogP contribution is 2.29. The van der Waals surface area contributed by atoms with E-state index in [-0.39, 0.29) is 17.6 Å². The summed E-state index contributed by atoms with van der Waals surface area (Å²) in [6.07, 6.45) is 1.70. The van der Waals surface area contributed by atoms with Crippen molar-refractivity contribution in [2.75, 3.05) is 27.3 Å². The van der Waals surface area contributed by atoms with E-state index in [1.54, 1.807) is 26.2 Å². The first-order valence-corrected chi connectivity index (χ1v) is 10.2. The number of nitrogens with one attached hydrogen (secondary N) is 1. The number of aromatic amines is 1. The van der Waals surface area contributed by atoms with Gasteiger partial charge in [-0.15, -0.1) is 0 Å². The van der Waals surface area contributed by atoms with Crippen molar-refractivity contribution in [3.8, 4) is 28.6 Å². The number of rotatable bonds is 5. The second kappa shape index (κ2) is 8.67. The standard InChI is InChI=1S/C23H25N3O5/c1-14(27)26-10-8-17(9-11-26)31-16-6-4-15(5-7-16)22-24-19-12-18(29-2)13-20(30-3)21(19)23(28)25-22/h4-7,12-13,17H,8-11H2,1-3H3,(H,24,25,28). The number of amides is 1. The molecule has 162 valence electrons. The van der Waals surface area contributed by atoms with Gasteiger partial charge in [-0.1, -0.05) is 0 Å². The van der Waals surface area contributed by atoms with Gasteiger partial charge in [-0.2, -0.15) is 0 Å². The van der Waals surface area contributed by atoms with Gasteiger partial charge in [0.05, 0.1) is 19.7 Å². The van der Waals surface area contributed by atoms with E-state index in [1.807, 2.05) is 29.2 Å². The van der Waals surface area contributed by atoms with Crippen LogP contribution < -0.4 is 19.8 Å². The maximum atomic E-state index is 12.7. The SMILES string of the molecule is COc1cc(OC)c2c(=O)[nH]c(-c3ccc(OC4CCN(C(C)=O)CC4)cc3)nc2c1. The van der Waals surface area contributed by atoms with Gasteiger partial charge in [-0.3, -0.25) is 9.59 Å². The molecule has 0 aliphatic carbocycles. The van der Waals surface area contributed by atoms with Crippen LogP contribution in [0.5, 0.6) is 17.2 Å². The van der Waals surface area contributed by atoms with Crippen LogP contribution in [0.4, 0.5) is 0 Å². The largest absolute Gasteiger partial charge is 0.497 e. The lowest BCUT2D eigenvalue weighted by Gasteiger charge is -2.31. The Kier molecular flexibility index (Phi) is 5.79. The van der Waals surface area contributed by atoms with Crippen LogP contribution in [-0.2, 0) is 4.79 Å². The fourth-order valence-corrected chi connectivity index (χ4v) is 3.80. The molecule has 3 aromatic rings. The fraction of sp³-hybridized carbons (Fsp3) is 0.348. The molecule has 1 N–H and O–H groups in total. The average Bonchev–Trinajstić information content (AvgIpc) is 2.78. The van der Waals surface area contributed by atoms with Crippen LogP contribution >= 0.6 is 0 Å². The molecule has 1 amide bonds. The van der Waals surface area contributed by atoms with Crippen LogP contribution in [-0.4, -0.2) is 54.2 Å². The molecule has 8 heteroatoms. The third kappa shape index (κ3) is 4.33. The zero-order chi connectivity index (χ0) is 22.0. The molecule has 2 heterocycles. The van der Waals surface area contributed by atoms with E-state index >= 15 is 0 Å². The normalized spacial score (nSPS) is 14.5. The van der Waals surface area contributed by atoms with Crippen molar-refractivity contribution in [1.29, 1.82) is 0 Å². The number of fused-ring (bicyclic) bond motifs is 1. The van der Waals surface area contributed by atoms with Gasteiger partial charge in [0, 0.05) is 50.6 Å². The molecule has 1 aliphatic rings. The molecule has 0 bridgehead atoms. The summed E-state index contributed by atoms with van der Waals surface area (Å²) >= 11 is 0. The van der Waals surface area contributed by atoms with Crippen LogP contribution in [0.2, 0.25) is 0 Å². The number of methoxy groups -OCH3 is 2. The number of carbonyl (C=O) groups is 1. The maximum Gasteiger partial charge on any atom is 0.262 e. The Morgan fingerprint density at radius 3 is 2.39 bits per heavy atom. The Balaban J connectivity index is 1.55. The van der Waals surface area contributed by atoms with Crippen LogP contribution in [0, 0.1) is 0 Å². The number of H-pyrrole nitrogens is 1. The third-order valence-corrected chi connectivity index (χ3v) is 5.52. The number of carbonyl (C=O) groups excluding carboxylic acids is 1. The fourth-order valence-electron chi connectivity index (χ4n) is 3.80. The van der Waals surface area contributed by atoms with Crippen molar-refractivity contribution < 1.29 is 19.0 Å². The number of hydrogen-bond donors (Lipinski definition) is 1. The number of benzene rings is 2.